The number of rotatable bonds is 2. The Morgan fingerprint density at radius 2 is 1.85 bits per heavy atom. The summed E-state index contributed by atoms with van der Waals surface area (Å²) in [6.45, 7) is 0. The molecule has 0 saturated heterocycles. The second-order valence-corrected chi connectivity index (χ2v) is 6.39. The van der Waals surface area contributed by atoms with Gasteiger partial charge < -0.3 is 10.4 Å². The van der Waals surface area contributed by atoms with Gasteiger partial charge in [0, 0.05) is 28.9 Å². The van der Waals surface area contributed by atoms with Crippen LogP contribution < -0.4 is 5.32 Å². The van der Waals surface area contributed by atoms with Gasteiger partial charge in [0.15, 0.2) is 0 Å². The number of nitrogens with one attached hydrogen (secondary N) is 1. The highest BCUT2D eigenvalue weighted by molar-refractivity contribution is 5.87. The lowest BCUT2D eigenvalue weighted by molar-refractivity contribution is -0.385. The fourth-order valence-corrected chi connectivity index (χ4v) is 3.60. The van der Waals surface area contributed by atoms with Crippen molar-refractivity contribution in [3.05, 3.63) is 82.4 Å². The molecule has 27 heavy (non-hydrogen) atoms. The van der Waals surface area contributed by atoms with Crippen molar-refractivity contribution in [2.45, 2.75) is 6.17 Å². The van der Waals surface area contributed by atoms with E-state index >= 15 is 0 Å². The number of para-hydroxylation sites is 3. The van der Waals surface area contributed by atoms with Crippen LogP contribution in [0.5, 0.6) is 5.75 Å². The zero-order valence-electron chi connectivity index (χ0n) is 14.0. The molecule has 0 radical (unpaired) electrons. The summed E-state index contributed by atoms with van der Waals surface area (Å²) in [6.07, 6.45) is -0.526. The van der Waals surface area contributed by atoms with Crippen LogP contribution in [0.2, 0.25) is 0 Å². The van der Waals surface area contributed by atoms with Crippen molar-refractivity contribution >= 4 is 22.4 Å². The van der Waals surface area contributed by atoms with E-state index in [4.69, 9.17) is 4.98 Å². The van der Waals surface area contributed by atoms with E-state index in [9.17, 15) is 15.2 Å². The molecular formula is C20H14N4O3. The Bertz CT molecular complexity index is 1220. The number of non-ortho nitro benzene ring substituents is 1. The molecule has 1 aromatic heterocycles. The first-order valence-corrected chi connectivity index (χ1v) is 8.44. The van der Waals surface area contributed by atoms with E-state index in [-0.39, 0.29) is 11.4 Å². The number of nitro benzene ring substituents is 1. The molecule has 4 aromatic rings. The first-order valence-electron chi connectivity index (χ1n) is 8.44. The zero-order chi connectivity index (χ0) is 18.5. The van der Waals surface area contributed by atoms with Crippen molar-refractivity contribution < 1.29 is 10.0 Å². The van der Waals surface area contributed by atoms with Crippen molar-refractivity contribution in [3.8, 4) is 17.1 Å². The molecule has 7 heteroatoms. The maximum Gasteiger partial charge on any atom is 0.270 e. The van der Waals surface area contributed by atoms with E-state index in [2.05, 4.69) is 5.32 Å². The van der Waals surface area contributed by atoms with E-state index in [0.717, 1.165) is 28.1 Å². The molecule has 2 N–H and O–H groups in total. The van der Waals surface area contributed by atoms with Crippen LogP contribution in [0.3, 0.4) is 0 Å². The standard InChI is InChI=1S/C20H14N4O3/c25-18-10-9-12(24(26)27)11-14(18)20-21-15-6-2-1-5-13(15)19-22-16-7-3-4-8-17(16)23(19)20/h1-11,20-21,25H/t20-/m0/s1. The lowest BCUT2D eigenvalue weighted by Gasteiger charge is -2.30. The summed E-state index contributed by atoms with van der Waals surface area (Å²) >= 11 is 0. The van der Waals surface area contributed by atoms with Gasteiger partial charge in [0.2, 0.25) is 0 Å². The molecule has 1 aliphatic rings. The van der Waals surface area contributed by atoms with Gasteiger partial charge in [0.25, 0.3) is 5.69 Å². The zero-order valence-corrected chi connectivity index (χ0v) is 14.0. The van der Waals surface area contributed by atoms with Gasteiger partial charge in [-0.2, -0.15) is 0 Å². The number of phenolic OH excluding ortho intramolecular Hbond substituents is 1. The highest BCUT2D eigenvalue weighted by Gasteiger charge is 2.30. The number of nitro groups is 1. The summed E-state index contributed by atoms with van der Waals surface area (Å²) in [7, 11) is 0. The minimum absolute atomic E-state index is 0.0128. The SMILES string of the molecule is O=[N+]([O-])c1ccc(O)c([C@H]2Nc3ccccc3-c3nc4ccccc4n32)c1. The van der Waals surface area contributed by atoms with Gasteiger partial charge in [0.1, 0.15) is 17.7 Å². The average molecular weight is 358 g/mol. The van der Waals surface area contributed by atoms with Gasteiger partial charge >= 0.3 is 0 Å². The first kappa shape index (κ1) is 15.4. The molecular weight excluding hydrogens is 344 g/mol. The Morgan fingerprint density at radius 1 is 1.07 bits per heavy atom. The Hall–Kier alpha value is -3.87. The van der Waals surface area contributed by atoms with Crippen LogP contribution >= 0.6 is 0 Å². The first-order chi connectivity index (χ1) is 13.1. The summed E-state index contributed by atoms with van der Waals surface area (Å²) in [5.74, 6) is 0.739. The Morgan fingerprint density at radius 3 is 2.70 bits per heavy atom. The molecule has 1 atom stereocenters. The molecule has 0 fully saturated rings. The summed E-state index contributed by atoms with van der Waals surface area (Å²) < 4.78 is 1.97. The maximum atomic E-state index is 11.2. The van der Waals surface area contributed by atoms with Gasteiger partial charge in [-0.3, -0.25) is 14.7 Å². The summed E-state index contributed by atoms with van der Waals surface area (Å²) in [6, 6.07) is 19.5. The van der Waals surface area contributed by atoms with Crippen molar-refractivity contribution in [1.82, 2.24) is 9.55 Å². The molecule has 0 unspecified atom stereocenters. The van der Waals surface area contributed by atoms with E-state index in [1.807, 2.05) is 53.1 Å². The van der Waals surface area contributed by atoms with Gasteiger partial charge in [-0.05, 0) is 30.3 Å². The van der Waals surface area contributed by atoms with E-state index in [0.29, 0.717) is 5.56 Å². The van der Waals surface area contributed by atoms with Crippen LogP contribution in [-0.4, -0.2) is 19.6 Å². The van der Waals surface area contributed by atoms with Crippen molar-refractivity contribution in [1.29, 1.82) is 0 Å². The summed E-state index contributed by atoms with van der Waals surface area (Å²) in [5.41, 5.74) is 3.84. The number of hydrogen-bond acceptors (Lipinski definition) is 5. The predicted octanol–water partition coefficient (Wildman–Crippen LogP) is 4.29. The van der Waals surface area contributed by atoms with Gasteiger partial charge in [-0.15, -0.1) is 0 Å². The lowest BCUT2D eigenvalue weighted by atomic mass is 10.0. The third kappa shape index (κ3) is 2.25. The maximum absolute atomic E-state index is 11.2. The van der Waals surface area contributed by atoms with Crippen LogP contribution in [0.1, 0.15) is 11.7 Å². The molecule has 0 saturated carbocycles. The molecule has 132 valence electrons. The Balaban J connectivity index is 1.82. The van der Waals surface area contributed by atoms with Crippen LogP contribution in [0.15, 0.2) is 66.7 Å². The highest BCUT2D eigenvalue weighted by Crippen LogP contribution is 2.42. The number of imidazole rings is 1. The fraction of sp³-hybridized carbons (Fsp3) is 0.0500. The number of hydrogen-bond donors (Lipinski definition) is 2. The second-order valence-electron chi connectivity index (χ2n) is 6.39. The van der Waals surface area contributed by atoms with Crippen LogP contribution in [0, 0.1) is 10.1 Å². The molecule has 0 aliphatic carbocycles. The summed E-state index contributed by atoms with van der Waals surface area (Å²) in [5, 5.41) is 25.1. The monoisotopic (exact) mass is 358 g/mol. The normalized spacial score (nSPS) is 15.0. The molecule has 0 bridgehead atoms. The number of aromatic nitrogens is 2. The van der Waals surface area contributed by atoms with Crippen molar-refractivity contribution in [3.63, 3.8) is 0 Å². The largest absolute Gasteiger partial charge is 0.508 e. The molecule has 5 rings (SSSR count). The molecule has 1 aliphatic heterocycles. The predicted molar refractivity (Wildman–Crippen MR) is 102 cm³/mol. The van der Waals surface area contributed by atoms with Gasteiger partial charge in [-0.25, -0.2) is 4.98 Å². The fourth-order valence-electron chi connectivity index (χ4n) is 3.60. The second kappa shape index (κ2) is 5.57. The van der Waals surface area contributed by atoms with Gasteiger partial charge in [-0.1, -0.05) is 24.3 Å². The number of benzene rings is 3. The van der Waals surface area contributed by atoms with E-state index in [1.165, 1.54) is 18.2 Å². The minimum Gasteiger partial charge on any atom is -0.508 e. The molecule has 2 heterocycles. The van der Waals surface area contributed by atoms with Crippen LogP contribution in [0.25, 0.3) is 22.4 Å². The number of anilines is 1. The van der Waals surface area contributed by atoms with Gasteiger partial charge in [0.05, 0.1) is 16.0 Å². The Kier molecular flexibility index (Phi) is 3.17. The van der Waals surface area contributed by atoms with Crippen LogP contribution in [0.4, 0.5) is 11.4 Å². The molecule has 7 nitrogen and oxygen atoms in total. The highest BCUT2D eigenvalue weighted by atomic mass is 16.6. The average Bonchev–Trinajstić information content (AvgIpc) is 3.07. The van der Waals surface area contributed by atoms with Crippen molar-refractivity contribution in [2.24, 2.45) is 0 Å². The summed E-state index contributed by atoms with van der Waals surface area (Å²) in [4.78, 5) is 15.5. The topological polar surface area (TPSA) is 93.2 Å². The number of nitrogens with zero attached hydrogens (tertiary/aromatic N) is 3. The third-order valence-corrected chi connectivity index (χ3v) is 4.83. The molecule has 0 spiro atoms. The minimum atomic E-state index is -0.526. The lowest BCUT2D eigenvalue weighted by Crippen LogP contribution is -2.25. The van der Waals surface area contributed by atoms with Crippen molar-refractivity contribution in [2.75, 3.05) is 5.32 Å². The number of phenols is 1. The Labute approximate surface area is 153 Å². The smallest absolute Gasteiger partial charge is 0.270 e. The van der Waals surface area contributed by atoms with E-state index < -0.39 is 11.1 Å². The number of aromatic hydroxyl groups is 1. The molecule has 3 aromatic carbocycles. The molecule has 0 amide bonds. The number of fused-ring (bicyclic) bond motifs is 5. The van der Waals surface area contributed by atoms with Crippen LogP contribution in [-0.2, 0) is 0 Å². The van der Waals surface area contributed by atoms with E-state index in [1.54, 1.807) is 0 Å². The third-order valence-electron chi connectivity index (χ3n) is 4.83. The quantitative estimate of drug-likeness (QED) is 0.412.